The van der Waals surface area contributed by atoms with Gasteiger partial charge in [0.05, 0.1) is 31.5 Å². The van der Waals surface area contributed by atoms with Gasteiger partial charge in [0.1, 0.15) is 49.3 Å². The molecular formula is C54H83N3O18. The summed E-state index contributed by atoms with van der Waals surface area (Å²) >= 11 is 0. The number of hydrogen-bond acceptors (Lipinski definition) is 18. The second-order valence-corrected chi connectivity index (χ2v) is 20.3. The number of ketones is 2. The van der Waals surface area contributed by atoms with Gasteiger partial charge in [0.15, 0.2) is 0 Å². The highest BCUT2D eigenvalue weighted by Crippen LogP contribution is 2.40. The number of ether oxygens (including phenoxy) is 9. The molecule has 1 saturated carbocycles. The van der Waals surface area contributed by atoms with Gasteiger partial charge in [-0.05, 0) is 109 Å². The van der Waals surface area contributed by atoms with Crippen LogP contribution in [0.5, 0.6) is 0 Å². The predicted octanol–water partition coefficient (Wildman–Crippen LogP) is 5.23. The van der Waals surface area contributed by atoms with E-state index < -0.39 is 121 Å². The Morgan fingerprint density at radius 3 is 2.00 bits per heavy atom. The zero-order valence-electron chi connectivity index (χ0n) is 45.6. The first-order valence-corrected chi connectivity index (χ1v) is 26.4. The van der Waals surface area contributed by atoms with Crippen molar-refractivity contribution < 1.29 is 86.1 Å². The maximum Gasteiger partial charge on any atom is 0.407 e. The van der Waals surface area contributed by atoms with Crippen molar-refractivity contribution in [3.63, 3.8) is 0 Å². The van der Waals surface area contributed by atoms with E-state index >= 15 is 0 Å². The number of alkyl carbamates (subject to hydrolysis) is 2. The number of carbonyl (C=O) groups is 8. The minimum absolute atomic E-state index is 0.0192. The number of nitrogens with one attached hydrogen (secondary N) is 2. The molecule has 0 aromatic carbocycles. The van der Waals surface area contributed by atoms with Gasteiger partial charge in [-0.25, -0.2) is 14.4 Å². The van der Waals surface area contributed by atoms with Crippen molar-refractivity contribution in [1.82, 2.24) is 15.5 Å². The van der Waals surface area contributed by atoms with Crippen molar-refractivity contribution in [2.75, 3.05) is 54.2 Å². The molecule has 422 valence electrons. The summed E-state index contributed by atoms with van der Waals surface area (Å²) < 4.78 is 51.9. The van der Waals surface area contributed by atoms with Gasteiger partial charge in [-0.2, -0.15) is 0 Å². The lowest BCUT2D eigenvalue weighted by atomic mass is 9.81. The number of hydrogen-bond donors (Lipinski definition) is 3. The fourth-order valence-corrected chi connectivity index (χ4v) is 10.7. The Labute approximate surface area is 441 Å². The summed E-state index contributed by atoms with van der Waals surface area (Å²) in [5.41, 5.74) is 1.34. The van der Waals surface area contributed by atoms with Crippen molar-refractivity contribution in [3.8, 4) is 0 Å². The van der Waals surface area contributed by atoms with E-state index in [-0.39, 0.29) is 69.6 Å². The van der Waals surface area contributed by atoms with Gasteiger partial charge in [-0.15, -0.1) is 6.58 Å². The summed E-state index contributed by atoms with van der Waals surface area (Å²) in [6.07, 6.45) is 0.455. The molecule has 3 N–H and O–H groups in total. The van der Waals surface area contributed by atoms with Crippen LogP contribution in [0.1, 0.15) is 119 Å². The lowest BCUT2D eigenvalue weighted by Crippen LogP contribution is -2.64. The Morgan fingerprint density at radius 1 is 0.813 bits per heavy atom. The summed E-state index contributed by atoms with van der Waals surface area (Å²) in [5.74, 6) is -10.5. The fourth-order valence-electron chi connectivity index (χ4n) is 10.7. The average molecular weight is 1060 g/mol. The third-order valence-corrected chi connectivity index (χ3v) is 14.7. The molecule has 0 aromatic heterocycles. The molecule has 21 heteroatoms. The number of nitrogens with zero attached hydrogens (tertiary/aromatic N) is 1. The quantitative estimate of drug-likeness (QED) is 0.0820. The number of cyclic esters (lactones) is 1. The van der Waals surface area contributed by atoms with Crippen LogP contribution in [0.4, 0.5) is 9.59 Å². The highest BCUT2D eigenvalue weighted by atomic mass is 16.7. The first kappa shape index (κ1) is 62.3. The molecule has 3 fully saturated rings. The summed E-state index contributed by atoms with van der Waals surface area (Å²) in [6.45, 7) is 15.3. The Bertz CT molecular complexity index is 2060. The van der Waals surface area contributed by atoms with Crippen LogP contribution in [0, 0.1) is 29.6 Å². The number of carbonyl (C=O) groups excluding carboxylic acids is 8. The van der Waals surface area contributed by atoms with Crippen molar-refractivity contribution in [1.29, 1.82) is 0 Å². The molecule has 75 heavy (non-hydrogen) atoms. The Morgan fingerprint density at radius 2 is 1.41 bits per heavy atom. The van der Waals surface area contributed by atoms with Gasteiger partial charge >= 0.3 is 30.1 Å². The molecule has 2 saturated heterocycles. The van der Waals surface area contributed by atoms with Gasteiger partial charge in [-0.1, -0.05) is 44.6 Å². The normalized spacial score (nSPS) is 33.5. The molecule has 0 aromatic rings. The first-order valence-electron chi connectivity index (χ1n) is 26.4. The molecule has 1 aliphatic carbocycles. The average Bonchev–Trinajstić information content (AvgIpc) is 3.38. The van der Waals surface area contributed by atoms with Gasteiger partial charge < -0.3 is 63.3 Å². The zero-order chi connectivity index (χ0) is 55.6. The second-order valence-electron chi connectivity index (χ2n) is 20.3. The van der Waals surface area contributed by atoms with E-state index in [1.807, 2.05) is 26.0 Å². The van der Waals surface area contributed by atoms with Gasteiger partial charge in [-0.3, -0.25) is 24.0 Å². The third kappa shape index (κ3) is 17.4. The van der Waals surface area contributed by atoms with E-state index in [2.05, 4.69) is 17.2 Å². The molecule has 21 nitrogen and oxygen atoms in total. The molecule has 3 amide bonds. The Kier molecular flexibility index (Phi) is 24.9. The number of amides is 3. The molecule has 2 bridgehead atoms. The summed E-state index contributed by atoms with van der Waals surface area (Å²) in [4.78, 5) is 110. The number of fused-ring (bicyclic) bond motifs is 3. The first-order chi connectivity index (χ1) is 35.6. The van der Waals surface area contributed by atoms with Crippen LogP contribution < -0.4 is 10.6 Å². The van der Waals surface area contributed by atoms with Crippen LogP contribution in [-0.4, -0.2) is 166 Å². The fraction of sp³-hybridized carbons (Fsp3) is 0.741. The summed E-state index contributed by atoms with van der Waals surface area (Å²) in [7, 11) is 4.46. The number of methoxy groups -OCH3 is 3. The van der Waals surface area contributed by atoms with Crippen LogP contribution >= 0.6 is 0 Å². The topological polar surface area (TPSA) is 267 Å². The van der Waals surface area contributed by atoms with Gasteiger partial charge in [0, 0.05) is 52.0 Å². The molecular weight excluding hydrogens is 979 g/mol. The summed E-state index contributed by atoms with van der Waals surface area (Å²) in [6, 6.07) is -1.30. The maximum absolute atomic E-state index is 14.9. The minimum Gasteiger partial charge on any atom is -0.465 e. The van der Waals surface area contributed by atoms with Crippen LogP contribution in [-0.2, 0) is 71.4 Å². The van der Waals surface area contributed by atoms with Crippen LogP contribution in [0.2, 0.25) is 0 Å². The number of allylic oxidation sites excluding steroid dienone is 4. The third-order valence-electron chi connectivity index (χ3n) is 14.7. The van der Waals surface area contributed by atoms with E-state index in [0.717, 1.165) is 10.5 Å². The molecule has 14 atom stereocenters. The van der Waals surface area contributed by atoms with E-state index in [4.69, 9.17) is 42.6 Å². The van der Waals surface area contributed by atoms with Crippen molar-refractivity contribution in [2.24, 2.45) is 29.6 Å². The number of piperidine rings is 1. The molecule has 0 spiro atoms. The minimum atomic E-state index is -2.61. The largest absolute Gasteiger partial charge is 0.465 e. The SMILES string of the molecule is C=CC[C@@H]1/C=C(\C)C[C@H](C)C[C@H](OC)[C@H]2O[C@@](O)(C(=O)C(=O)N3CCCC[C@H]3C(=O)O[C@H](/C(C)=C/[C@@H]3CC[C@@H](OC(=O)NCC(=O)OCC)[C@H](OC)C3)[C@H](C)[C@@H](OC(=O)NCC(=O)OCC)CC1=O)[C@H](C)C[C@@H]2OC. The monoisotopic (exact) mass is 1060 g/mol. The molecule has 3 aliphatic heterocycles. The molecule has 4 rings (SSSR count). The second kappa shape index (κ2) is 29.9. The van der Waals surface area contributed by atoms with E-state index in [9.17, 15) is 43.5 Å². The lowest BCUT2D eigenvalue weighted by Gasteiger charge is -2.47. The van der Waals surface area contributed by atoms with Crippen molar-refractivity contribution in [3.05, 3.63) is 36.0 Å². The van der Waals surface area contributed by atoms with Crippen LogP contribution in [0.25, 0.3) is 0 Å². The predicted molar refractivity (Wildman–Crippen MR) is 270 cm³/mol. The van der Waals surface area contributed by atoms with Crippen molar-refractivity contribution >= 4 is 47.6 Å². The number of esters is 3. The smallest absolute Gasteiger partial charge is 0.407 e. The number of Topliss-reactive ketones (excluding diaryl/α,β-unsaturated/α-hetero) is 2. The highest BCUT2D eigenvalue weighted by molar-refractivity contribution is 6.39. The molecule has 3 heterocycles. The van der Waals surface area contributed by atoms with Gasteiger partial charge in [0.2, 0.25) is 5.79 Å². The molecule has 0 radical (unpaired) electrons. The van der Waals surface area contributed by atoms with Crippen LogP contribution in [0.3, 0.4) is 0 Å². The zero-order valence-corrected chi connectivity index (χ0v) is 45.6. The van der Waals surface area contributed by atoms with E-state index in [1.165, 1.54) is 21.3 Å². The van der Waals surface area contributed by atoms with E-state index in [0.29, 0.717) is 50.5 Å². The standard InChI is InChI=1S/C54H83N3O18/c1-12-17-37-23-31(4)22-32(5)24-43(68-10)48-44(69-11)26-34(7)54(66,75-48)49(61)50(62)57-21-16-15-18-38(57)51(63)74-47(35(8)41(28-39(37)58)73-53(65)56-30-46(60)71-14-3)33(6)25-36-19-20-40(42(27-36)67-9)72-52(64)55-29-45(59)70-13-2/h12,23,25,32,34-38,40-44,47-48,66H,1,13-22,24,26-30H2,2-11H3,(H,55,64)(H,56,65)/b31-23+,33-25+/t32-,34+,35+,36-,37+,38-,40+,41-,42+,43-,44-,47+,48+,54+/m0/s1. The van der Waals surface area contributed by atoms with Crippen LogP contribution in [0.15, 0.2) is 36.0 Å². The highest BCUT2D eigenvalue weighted by Gasteiger charge is 2.57. The lowest BCUT2D eigenvalue weighted by molar-refractivity contribution is -0.302. The Balaban J connectivity index is 1.83. The summed E-state index contributed by atoms with van der Waals surface area (Å²) in [5, 5.41) is 17.0. The molecule has 0 unspecified atom stereocenters. The number of rotatable bonds is 15. The van der Waals surface area contributed by atoms with Gasteiger partial charge in [0.25, 0.3) is 11.7 Å². The molecule has 4 aliphatic rings. The van der Waals surface area contributed by atoms with E-state index in [1.54, 1.807) is 40.7 Å². The Hall–Kier alpha value is -5.22. The number of aliphatic hydroxyl groups is 1. The van der Waals surface area contributed by atoms with Crippen molar-refractivity contribution in [2.45, 2.75) is 174 Å². The maximum atomic E-state index is 14.9.